The number of amides is 2. The fourth-order valence-electron chi connectivity index (χ4n) is 1.72. The highest BCUT2D eigenvalue weighted by atomic mass is 16.3. The van der Waals surface area contributed by atoms with Gasteiger partial charge in [-0.3, -0.25) is 9.59 Å². The molecule has 2 amide bonds. The molecule has 2 unspecified atom stereocenters. The smallest absolute Gasteiger partial charge is 0.255 e. The van der Waals surface area contributed by atoms with Crippen molar-refractivity contribution in [3.63, 3.8) is 0 Å². The van der Waals surface area contributed by atoms with Crippen molar-refractivity contribution in [2.45, 2.75) is 26.0 Å². The molecule has 0 saturated heterocycles. The van der Waals surface area contributed by atoms with Crippen molar-refractivity contribution >= 4 is 11.8 Å². The lowest BCUT2D eigenvalue weighted by Crippen LogP contribution is -2.52. The van der Waals surface area contributed by atoms with E-state index < -0.39 is 24.0 Å². The number of rotatable bonds is 5. The Morgan fingerprint density at radius 3 is 2.57 bits per heavy atom. The zero-order chi connectivity index (χ0) is 16.0. The van der Waals surface area contributed by atoms with E-state index >= 15 is 0 Å². The van der Waals surface area contributed by atoms with E-state index in [2.05, 4.69) is 16.6 Å². The van der Waals surface area contributed by atoms with Gasteiger partial charge in [0.25, 0.3) is 5.91 Å². The van der Waals surface area contributed by atoms with E-state index in [0.29, 0.717) is 12.1 Å². The Kier molecular flexibility index (Phi) is 5.76. The van der Waals surface area contributed by atoms with Gasteiger partial charge in [0.1, 0.15) is 11.8 Å². The van der Waals surface area contributed by atoms with Crippen molar-refractivity contribution in [2.75, 3.05) is 6.54 Å². The first-order valence-electron chi connectivity index (χ1n) is 6.47. The van der Waals surface area contributed by atoms with Gasteiger partial charge in [-0.15, -0.1) is 6.42 Å². The average molecular weight is 290 g/mol. The third-order valence-corrected chi connectivity index (χ3v) is 2.81. The standard InChI is InChI=1S/C15H18N2O4/c1-4-10-6-7-11(12(19)8-10)14(20)17-13(9(3)18)15(21)16-5-2/h1,6-9,13,18-19H,5H2,2-3H3,(H,16,21)(H,17,20). The normalized spacial score (nSPS) is 12.9. The Morgan fingerprint density at radius 1 is 1.43 bits per heavy atom. The van der Waals surface area contributed by atoms with Crippen LogP contribution in [-0.4, -0.2) is 40.7 Å². The molecule has 6 heteroatoms. The van der Waals surface area contributed by atoms with Crippen LogP contribution in [0.25, 0.3) is 0 Å². The predicted octanol–water partition coefficient (Wildman–Crippen LogP) is -0.0112. The number of hydrogen-bond acceptors (Lipinski definition) is 4. The number of aliphatic hydroxyl groups is 1. The van der Waals surface area contributed by atoms with E-state index in [1.165, 1.54) is 25.1 Å². The van der Waals surface area contributed by atoms with Crippen molar-refractivity contribution in [1.82, 2.24) is 10.6 Å². The van der Waals surface area contributed by atoms with Crippen LogP contribution in [0.4, 0.5) is 0 Å². The molecule has 6 nitrogen and oxygen atoms in total. The summed E-state index contributed by atoms with van der Waals surface area (Å²) in [6.45, 7) is 3.49. The lowest BCUT2D eigenvalue weighted by molar-refractivity contribution is -0.125. The predicted molar refractivity (Wildman–Crippen MR) is 77.7 cm³/mol. The average Bonchev–Trinajstić information content (AvgIpc) is 2.44. The molecule has 0 bridgehead atoms. The van der Waals surface area contributed by atoms with E-state index in [4.69, 9.17) is 6.42 Å². The van der Waals surface area contributed by atoms with Gasteiger partial charge < -0.3 is 20.8 Å². The first-order valence-corrected chi connectivity index (χ1v) is 6.47. The van der Waals surface area contributed by atoms with Crippen molar-refractivity contribution in [3.05, 3.63) is 29.3 Å². The highest BCUT2D eigenvalue weighted by Gasteiger charge is 2.26. The van der Waals surface area contributed by atoms with E-state index in [0.717, 1.165) is 0 Å². The summed E-state index contributed by atoms with van der Waals surface area (Å²) in [4.78, 5) is 23.8. The lowest BCUT2D eigenvalue weighted by atomic mass is 10.1. The van der Waals surface area contributed by atoms with Crippen molar-refractivity contribution < 1.29 is 19.8 Å². The minimum Gasteiger partial charge on any atom is -0.507 e. The number of benzene rings is 1. The van der Waals surface area contributed by atoms with Crippen LogP contribution in [0.3, 0.4) is 0 Å². The fraction of sp³-hybridized carbons (Fsp3) is 0.333. The number of carbonyl (C=O) groups is 2. The van der Waals surface area contributed by atoms with E-state index in [1.54, 1.807) is 6.92 Å². The lowest BCUT2D eigenvalue weighted by Gasteiger charge is -2.20. The Balaban J connectivity index is 2.93. The Hall–Kier alpha value is -2.52. The second kappa shape index (κ2) is 7.31. The Bertz CT molecular complexity index is 576. The maximum atomic E-state index is 12.1. The van der Waals surface area contributed by atoms with Gasteiger partial charge in [-0.05, 0) is 32.0 Å². The second-order valence-corrected chi connectivity index (χ2v) is 4.46. The molecule has 1 rings (SSSR count). The summed E-state index contributed by atoms with van der Waals surface area (Å²) in [6, 6.07) is 3.02. The molecule has 0 radical (unpaired) electrons. The second-order valence-electron chi connectivity index (χ2n) is 4.46. The highest BCUT2D eigenvalue weighted by Crippen LogP contribution is 2.18. The molecule has 0 heterocycles. The Labute approximate surface area is 123 Å². The minimum atomic E-state index is -1.11. The fourth-order valence-corrected chi connectivity index (χ4v) is 1.72. The molecule has 1 aromatic carbocycles. The quantitative estimate of drug-likeness (QED) is 0.573. The van der Waals surface area contributed by atoms with Crippen molar-refractivity contribution in [2.24, 2.45) is 0 Å². The van der Waals surface area contributed by atoms with Crippen LogP contribution >= 0.6 is 0 Å². The Morgan fingerprint density at radius 2 is 2.10 bits per heavy atom. The van der Waals surface area contributed by atoms with Gasteiger partial charge in [-0.1, -0.05) is 5.92 Å². The molecule has 0 aliphatic carbocycles. The van der Waals surface area contributed by atoms with E-state index in [-0.39, 0.29) is 11.3 Å². The topological polar surface area (TPSA) is 98.7 Å². The summed E-state index contributed by atoms with van der Waals surface area (Å²) in [6.07, 6.45) is 4.11. The monoisotopic (exact) mass is 290 g/mol. The third kappa shape index (κ3) is 4.23. The molecule has 0 spiro atoms. The van der Waals surface area contributed by atoms with Crippen LogP contribution in [-0.2, 0) is 4.79 Å². The number of nitrogens with one attached hydrogen (secondary N) is 2. The number of likely N-dealkylation sites (N-methyl/N-ethyl adjacent to an activating group) is 1. The summed E-state index contributed by atoms with van der Waals surface area (Å²) in [5.41, 5.74) is 0.406. The number of carbonyl (C=O) groups excluding carboxylic acids is 2. The first kappa shape index (κ1) is 16.5. The number of phenols is 1. The molecule has 0 fully saturated rings. The number of aromatic hydroxyl groups is 1. The molecular weight excluding hydrogens is 272 g/mol. The summed E-state index contributed by atoms with van der Waals surface area (Å²) in [5.74, 6) is 0.871. The number of aliphatic hydroxyl groups excluding tert-OH is 1. The van der Waals surface area contributed by atoms with Crippen LogP contribution in [0.5, 0.6) is 5.75 Å². The summed E-state index contributed by atoms with van der Waals surface area (Å²) >= 11 is 0. The van der Waals surface area contributed by atoms with Gasteiger partial charge in [0.05, 0.1) is 11.7 Å². The van der Waals surface area contributed by atoms with Gasteiger partial charge in [-0.25, -0.2) is 0 Å². The van der Waals surface area contributed by atoms with E-state index in [9.17, 15) is 19.8 Å². The van der Waals surface area contributed by atoms with E-state index in [1.807, 2.05) is 0 Å². The molecule has 2 atom stereocenters. The van der Waals surface area contributed by atoms with Crippen LogP contribution < -0.4 is 10.6 Å². The van der Waals surface area contributed by atoms with Gasteiger partial charge >= 0.3 is 0 Å². The molecule has 0 aromatic heterocycles. The van der Waals surface area contributed by atoms with Gasteiger partial charge in [0.2, 0.25) is 5.91 Å². The largest absolute Gasteiger partial charge is 0.507 e. The van der Waals surface area contributed by atoms with Crippen LogP contribution in [0, 0.1) is 12.3 Å². The highest BCUT2D eigenvalue weighted by molar-refractivity contribution is 5.99. The van der Waals surface area contributed by atoms with Gasteiger partial charge in [0.15, 0.2) is 0 Å². The third-order valence-electron chi connectivity index (χ3n) is 2.81. The summed E-state index contributed by atoms with van der Waals surface area (Å²) in [7, 11) is 0. The number of hydrogen-bond donors (Lipinski definition) is 4. The number of terminal acetylenes is 1. The van der Waals surface area contributed by atoms with Crippen molar-refractivity contribution in [1.29, 1.82) is 0 Å². The maximum Gasteiger partial charge on any atom is 0.255 e. The molecule has 1 aromatic rings. The molecule has 112 valence electrons. The molecule has 0 saturated carbocycles. The molecule has 21 heavy (non-hydrogen) atoms. The molecular formula is C15H18N2O4. The van der Waals surface area contributed by atoms with Crippen LogP contribution in [0.1, 0.15) is 29.8 Å². The maximum absolute atomic E-state index is 12.1. The first-order chi connectivity index (χ1) is 9.90. The SMILES string of the molecule is C#Cc1ccc(C(=O)NC(C(=O)NCC)C(C)O)c(O)c1. The zero-order valence-corrected chi connectivity index (χ0v) is 11.9. The van der Waals surface area contributed by atoms with Gasteiger partial charge in [-0.2, -0.15) is 0 Å². The molecule has 0 aliphatic rings. The minimum absolute atomic E-state index is 0.0241. The summed E-state index contributed by atoms with van der Waals surface area (Å²) < 4.78 is 0. The molecule has 4 N–H and O–H groups in total. The van der Waals surface area contributed by atoms with Crippen LogP contribution in [0.15, 0.2) is 18.2 Å². The van der Waals surface area contributed by atoms with Gasteiger partial charge in [0, 0.05) is 12.1 Å². The number of phenolic OH excluding ortho intramolecular Hbond substituents is 1. The zero-order valence-electron chi connectivity index (χ0n) is 11.9. The van der Waals surface area contributed by atoms with Crippen LogP contribution in [0.2, 0.25) is 0 Å². The summed E-state index contributed by atoms with van der Waals surface area (Å²) in [5, 5.41) is 24.3. The molecule has 0 aliphatic heterocycles. The van der Waals surface area contributed by atoms with Crippen molar-refractivity contribution in [3.8, 4) is 18.1 Å².